The third-order valence-corrected chi connectivity index (χ3v) is 5.24. The minimum atomic E-state index is 0.0136. The first kappa shape index (κ1) is 17.7. The summed E-state index contributed by atoms with van der Waals surface area (Å²) in [7, 11) is 0. The number of rotatable bonds is 6. The number of carbonyl (C=O) groups is 1. The summed E-state index contributed by atoms with van der Waals surface area (Å²) in [5.41, 5.74) is 3.04. The molecule has 1 fully saturated rings. The monoisotopic (exact) mass is 359 g/mol. The highest BCUT2D eigenvalue weighted by Gasteiger charge is 2.21. The van der Waals surface area contributed by atoms with E-state index in [2.05, 4.69) is 27.3 Å². The molecule has 1 saturated heterocycles. The van der Waals surface area contributed by atoms with E-state index in [1.165, 1.54) is 12.8 Å². The van der Waals surface area contributed by atoms with E-state index in [0.29, 0.717) is 6.42 Å². The Morgan fingerprint density at radius 2 is 1.78 bits per heavy atom. The summed E-state index contributed by atoms with van der Waals surface area (Å²) < 4.78 is 0. The van der Waals surface area contributed by atoms with Gasteiger partial charge in [-0.2, -0.15) is 0 Å². The van der Waals surface area contributed by atoms with Crippen molar-refractivity contribution < 1.29 is 4.79 Å². The second-order valence-electron chi connectivity index (χ2n) is 7.21. The van der Waals surface area contributed by atoms with Crippen molar-refractivity contribution in [3.63, 3.8) is 0 Å². The van der Waals surface area contributed by atoms with Gasteiger partial charge in [-0.3, -0.25) is 9.78 Å². The third kappa shape index (κ3) is 4.34. The van der Waals surface area contributed by atoms with Gasteiger partial charge < -0.3 is 10.2 Å². The summed E-state index contributed by atoms with van der Waals surface area (Å²) in [5, 5.41) is 4.33. The van der Waals surface area contributed by atoms with Crippen LogP contribution in [0.3, 0.4) is 0 Å². The van der Waals surface area contributed by atoms with Gasteiger partial charge in [-0.1, -0.05) is 54.6 Å². The number of amides is 1. The fourth-order valence-corrected chi connectivity index (χ4v) is 3.87. The van der Waals surface area contributed by atoms with Crippen LogP contribution >= 0.6 is 0 Å². The van der Waals surface area contributed by atoms with Crippen LogP contribution in [0.2, 0.25) is 0 Å². The number of likely N-dealkylation sites (tertiary alicyclic amines) is 1. The summed E-state index contributed by atoms with van der Waals surface area (Å²) in [5.74, 6) is 0.0428. The molecule has 1 aromatic heterocycles. The molecule has 0 spiro atoms. The average Bonchev–Trinajstić information content (AvgIpc) is 3.22. The van der Waals surface area contributed by atoms with Crippen LogP contribution in [0.5, 0.6) is 0 Å². The molecule has 1 atom stereocenters. The molecule has 1 N–H and O–H groups in total. The lowest BCUT2D eigenvalue weighted by Crippen LogP contribution is -2.37. The number of hydrogen-bond acceptors (Lipinski definition) is 3. The van der Waals surface area contributed by atoms with Crippen molar-refractivity contribution in [2.45, 2.75) is 25.3 Å². The van der Waals surface area contributed by atoms with Crippen LogP contribution in [0.4, 0.5) is 0 Å². The lowest BCUT2D eigenvalue weighted by molar-refractivity contribution is -0.121. The Bertz CT molecular complexity index is 898. The first-order valence-corrected chi connectivity index (χ1v) is 9.69. The molecule has 0 bridgehead atoms. The Morgan fingerprint density at radius 1 is 1.00 bits per heavy atom. The summed E-state index contributed by atoms with van der Waals surface area (Å²) in [4.78, 5) is 19.8. The number of aromatic nitrogens is 1. The molecule has 4 rings (SSSR count). The largest absolute Gasteiger partial charge is 0.348 e. The van der Waals surface area contributed by atoms with Crippen LogP contribution < -0.4 is 5.32 Å². The number of nitrogens with zero attached hydrogens (tertiary/aromatic N) is 2. The van der Waals surface area contributed by atoms with Gasteiger partial charge in [0.25, 0.3) is 0 Å². The summed E-state index contributed by atoms with van der Waals surface area (Å²) in [6.45, 7) is 3.10. The van der Waals surface area contributed by atoms with E-state index < -0.39 is 0 Å². The van der Waals surface area contributed by atoms with Gasteiger partial charge in [0.05, 0.1) is 18.0 Å². The molecular formula is C23H25N3O. The zero-order valence-corrected chi connectivity index (χ0v) is 15.5. The van der Waals surface area contributed by atoms with Crippen LogP contribution in [0, 0.1) is 0 Å². The molecule has 4 heteroatoms. The molecule has 0 aliphatic carbocycles. The lowest BCUT2D eigenvalue weighted by atomic mass is 10.0. The number of hydrogen-bond donors (Lipinski definition) is 1. The first-order chi connectivity index (χ1) is 13.3. The van der Waals surface area contributed by atoms with Crippen molar-refractivity contribution in [1.82, 2.24) is 15.2 Å². The Kier molecular flexibility index (Phi) is 5.45. The molecule has 3 aromatic rings. The highest BCUT2D eigenvalue weighted by molar-refractivity contribution is 5.87. The van der Waals surface area contributed by atoms with Gasteiger partial charge in [0.1, 0.15) is 0 Å². The molecule has 4 nitrogen and oxygen atoms in total. The molecule has 138 valence electrons. The van der Waals surface area contributed by atoms with Crippen molar-refractivity contribution >= 4 is 16.8 Å². The number of pyridine rings is 1. The number of para-hydroxylation sites is 1. The van der Waals surface area contributed by atoms with Crippen molar-refractivity contribution in [2.24, 2.45) is 0 Å². The summed E-state index contributed by atoms with van der Waals surface area (Å²) in [6.07, 6.45) is 4.62. The highest BCUT2D eigenvalue weighted by Crippen LogP contribution is 2.19. The van der Waals surface area contributed by atoms with Crippen molar-refractivity contribution in [2.75, 3.05) is 19.6 Å². The van der Waals surface area contributed by atoms with E-state index in [0.717, 1.165) is 41.7 Å². The van der Waals surface area contributed by atoms with Gasteiger partial charge in [0.2, 0.25) is 5.91 Å². The van der Waals surface area contributed by atoms with Gasteiger partial charge in [-0.25, -0.2) is 0 Å². The quantitative estimate of drug-likeness (QED) is 0.729. The SMILES string of the molecule is O=C(Cc1cccc2cccnc12)NC(CN1CCCC1)c1ccccc1. The lowest BCUT2D eigenvalue weighted by Gasteiger charge is -2.25. The van der Waals surface area contributed by atoms with Gasteiger partial charge in [-0.05, 0) is 43.1 Å². The average molecular weight is 359 g/mol. The molecule has 1 aliphatic rings. The van der Waals surface area contributed by atoms with Gasteiger partial charge in [-0.15, -0.1) is 0 Å². The maximum absolute atomic E-state index is 12.9. The number of fused-ring (bicyclic) bond motifs is 1. The van der Waals surface area contributed by atoms with Crippen LogP contribution in [0.15, 0.2) is 66.9 Å². The van der Waals surface area contributed by atoms with Crippen molar-refractivity contribution in [3.8, 4) is 0 Å². The zero-order chi connectivity index (χ0) is 18.5. The second-order valence-corrected chi connectivity index (χ2v) is 7.21. The third-order valence-electron chi connectivity index (χ3n) is 5.24. The van der Waals surface area contributed by atoms with Gasteiger partial charge in [0, 0.05) is 18.1 Å². The number of carbonyl (C=O) groups excluding carboxylic acids is 1. The molecule has 0 radical (unpaired) electrons. The minimum absolute atomic E-state index is 0.0136. The van der Waals surface area contributed by atoms with Crippen LogP contribution in [0.1, 0.15) is 30.0 Å². The van der Waals surface area contributed by atoms with Gasteiger partial charge >= 0.3 is 0 Å². The minimum Gasteiger partial charge on any atom is -0.348 e. The molecule has 1 unspecified atom stereocenters. The number of benzene rings is 2. The topological polar surface area (TPSA) is 45.2 Å². The van der Waals surface area contributed by atoms with Crippen LogP contribution in [-0.2, 0) is 11.2 Å². The maximum atomic E-state index is 12.9. The first-order valence-electron chi connectivity index (χ1n) is 9.69. The van der Waals surface area contributed by atoms with Crippen molar-refractivity contribution in [3.05, 3.63) is 78.0 Å². The Hall–Kier alpha value is -2.72. The van der Waals surface area contributed by atoms with E-state index in [1.54, 1.807) is 6.20 Å². The second kappa shape index (κ2) is 8.31. The predicted molar refractivity (Wildman–Crippen MR) is 108 cm³/mol. The standard InChI is InChI=1S/C23H25N3O/c27-22(16-20-11-6-10-19-12-7-13-24-23(19)20)25-21(17-26-14-4-5-15-26)18-8-2-1-3-9-18/h1-3,6-13,21H,4-5,14-17H2,(H,25,27). The summed E-state index contributed by atoms with van der Waals surface area (Å²) in [6, 6.07) is 20.3. The molecule has 27 heavy (non-hydrogen) atoms. The fraction of sp³-hybridized carbons (Fsp3) is 0.304. The predicted octanol–water partition coefficient (Wildman–Crippen LogP) is 3.73. The van der Waals surface area contributed by atoms with Gasteiger partial charge in [0.15, 0.2) is 0 Å². The summed E-state index contributed by atoms with van der Waals surface area (Å²) >= 11 is 0. The Morgan fingerprint density at radius 3 is 2.59 bits per heavy atom. The normalized spacial score (nSPS) is 15.7. The van der Waals surface area contributed by atoms with E-state index in [9.17, 15) is 4.79 Å². The fourth-order valence-electron chi connectivity index (χ4n) is 3.87. The van der Waals surface area contributed by atoms with E-state index in [4.69, 9.17) is 0 Å². The molecule has 2 aromatic carbocycles. The van der Waals surface area contributed by atoms with Crippen LogP contribution in [-0.4, -0.2) is 35.4 Å². The zero-order valence-electron chi connectivity index (χ0n) is 15.5. The van der Waals surface area contributed by atoms with E-state index >= 15 is 0 Å². The van der Waals surface area contributed by atoms with Crippen molar-refractivity contribution in [1.29, 1.82) is 0 Å². The highest BCUT2D eigenvalue weighted by atomic mass is 16.1. The Balaban J connectivity index is 1.50. The molecule has 1 aliphatic heterocycles. The molecule has 1 amide bonds. The molecular weight excluding hydrogens is 334 g/mol. The number of nitrogens with one attached hydrogen (secondary N) is 1. The molecule has 2 heterocycles. The smallest absolute Gasteiger partial charge is 0.225 e. The van der Waals surface area contributed by atoms with E-state index in [-0.39, 0.29) is 11.9 Å². The van der Waals surface area contributed by atoms with Crippen LogP contribution in [0.25, 0.3) is 10.9 Å². The Labute approximate surface area is 160 Å². The van der Waals surface area contributed by atoms with E-state index in [1.807, 2.05) is 48.5 Å². The molecule has 0 saturated carbocycles. The maximum Gasteiger partial charge on any atom is 0.225 e.